The van der Waals surface area contributed by atoms with Crippen LogP contribution in [-0.2, 0) is 4.79 Å². The molecule has 0 fully saturated rings. The maximum atomic E-state index is 12.2. The van der Waals surface area contributed by atoms with E-state index >= 15 is 0 Å². The Morgan fingerprint density at radius 2 is 1.84 bits per heavy atom. The molecule has 0 saturated heterocycles. The monoisotopic (exact) mass is 349 g/mol. The van der Waals surface area contributed by atoms with E-state index in [0.29, 0.717) is 17.4 Å². The summed E-state index contributed by atoms with van der Waals surface area (Å²) >= 11 is 0. The zero-order valence-corrected chi connectivity index (χ0v) is 16.2. The summed E-state index contributed by atoms with van der Waals surface area (Å²) < 4.78 is 5.59. The molecule has 0 aliphatic heterocycles. The van der Waals surface area contributed by atoms with Crippen LogP contribution in [0.3, 0.4) is 0 Å². The average Bonchev–Trinajstić information content (AvgIpc) is 2.52. The zero-order valence-electron chi connectivity index (χ0n) is 16.2. The van der Waals surface area contributed by atoms with Gasteiger partial charge in [0.1, 0.15) is 5.75 Å². The number of hydrogen-bond acceptors (Lipinski definition) is 3. The van der Waals surface area contributed by atoms with E-state index in [4.69, 9.17) is 4.74 Å². The molecule has 0 heterocycles. The third kappa shape index (κ3) is 7.92. The van der Waals surface area contributed by atoms with Gasteiger partial charge in [0.15, 0.2) is 6.61 Å². The van der Waals surface area contributed by atoms with Crippen LogP contribution < -0.4 is 15.4 Å². The maximum Gasteiger partial charge on any atom is 0.319 e. The van der Waals surface area contributed by atoms with Gasteiger partial charge >= 0.3 is 6.03 Å². The Bertz CT molecular complexity index is 585. The highest BCUT2D eigenvalue weighted by Crippen LogP contribution is 2.25. The number of carbonyl (C=O) groups excluding carboxylic acids is 2. The van der Waals surface area contributed by atoms with Gasteiger partial charge in [-0.25, -0.2) is 4.79 Å². The lowest BCUT2D eigenvalue weighted by atomic mass is 10.0. The third-order valence-corrected chi connectivity index (χ3v) is 3.79. The molecule has 25 heavy (non-hydrogen) atoms. The van der Waals surface area contributed by atoms with Crippen molar-refractivity contribution in [2.24, 2.45) is 5.92 Å². The van der Waals surface area contributed by atoms with Gasteiger partial charge in [-0.1, -0.05) is 19.9 Å². The first kappa shape index (κ1) is 20.8. The Morgan fingerprint density at radius 3 is 2.44 bits per heavy atom. The highest BCUT2D eigenvalue weighted by atomic mass is 16.5. The topological polar surface area (TPSA) is 70.7 Å². The molecule has 1 unspecified atom stereocenters. The fraction of sp³-hybridized carbons (Fsp3) is 0.579. The number of aryl methyl sites for hydroxylation is 1. The molecule has 0 spiro atoms. The Morgan fingerprint density at radius 1 is 1.16 bits per heavy atom. The third-order valence-electron chi connectivity index (χ3n) is 3.79. The summed E-state index contributed by atoms with van der Waals surface area (Å²) in [6, 6.07) is 5.29. The van der Waals surface area contributed by atoms with Gasteiger partial charge < -0.3 is 20.3 Å². The van der Waals surface area contributed by atoms with Crippen LogP contribution in [0, 0.1) is 12.8 Å². The molecule has 0 aliphatic carbocycles. The van der Waals surface area contributed by atoms with E-state index in [0.717, 1.165) is 18.4 Å². The van der Waals surface area contributed by atoms with Gasteiger partial charge in [-0.15, -0.1) is 0 Å². The summed E-state index contributed by atoms with van der Waals surface area (Å²) in [5.74, 6) is 0.957. The van der Waals surface area contributed by atoms with Crippen molar-refractivity contribution in [3.05, 3.63) is 23.8 Å². The number of benzene rings is 1. The normalized spacial score (nSPS) is 11.8. The van der Waals surface area contributed by atoms with E-state index < -0.39 is 0 Å². The number of amides is 3. The fourth-order valence-electron chi connectivity index (χ4n) is 2.16. The van der Waals surface area contributed by atoms with E-state index in [2.05, 4.69) is 24.5 Å². The highest BCUT2D eigenvalue weighted by Gasteiger charge is 2.13. The molecule has 0 bridgehead atoms. The first-order valence-corrected chi connectivity index (χ1v) is 8.70. The molecule has 0 saturated carbocycles. The number of carbonyl (C=O) groups is 2. The predicted octanol–water partition coefficient (Wildman–Crippen LogP) is 3.41. The molecule has 0 aromatic heterocycles. The van der Waals surface area contributed by atoms with Crippen molar-refractivity contribution < 1.29 is 14.3 Å². The minimum absolute atomic E-state index is 0.0719. The molecule has 0 radical (unpaired) electrons. The lowest BCUT2D eigenvalue weighted by Crippen LogP contribution is -2.36. The van der Waals surface area contributed by atoms with Crippen LogP contribution in [-0.4, -0.2) is 43.6 Å². The number of hydrogen-bond donors (Lipinski definition) is 2. The molecule has 1 rings (SSSR count). The molecular formula is C19H31N3O3. The van der Waals surface area contributed by atoms with Crippen LogP contribution in [0.2, 0.25) is 0 Å². The van der Waals surface area contributed by atoms with Crippen LogP contribution in [0.1, 0.15) is 39.2 Å². The molecule has 6 nitrogen and oxygen atoms in total. The van der Waals surface area contributed by atoms with Gasteiger partial charge in [0.2, 0.25) is 0 Å². The minimum Gasteiger partial charge on any atom is -0.482 e. The van der Waals surface area contributed by atoms with Crippen molar-refractivity contribution in [3.8, 4) is 5.75 Å². The molecule has 140 valence electrons. The number of nitrogens with zero attached hydrogens (tertiary/aromatic N) is 1. The second-order valence-electron chi connectivity index (χ2n) is 7.05. The number of nitrogens with one attached hydrogen (secondary N) is 2. The Balaban J connectivity index is 2.67. The van der Waals surface area contributed by atoms with Gasteiger partial charge in [-0.05, 0) is 50.3 Å². The smallest absolute Gasteiger partial charge is 0.319 e. The average molecular weight is 349 g/mol. The largest absolute Gasteiger partial charge is 0.482 e. The van der Waals surface area contributed by atoms with Crippen LogP contribution in [0.4, 0.5) is 10.5 Å². The predicted molar refractivity (Wildman–Crippen MR) is 101 cm³/mol. The van der Waals surface area contributed by atoms with Crippen LogP contribution in [0.5, 0.6) is 5.75 Å². The molecule has 1 atom stereocenters. The van der Waals surface area contributed by atoms with Crippen molar-refractivity contribution in [3.63, 3.8) is 0 Å². The highest BCUT2D eigenvalue weighted by molar-refractivity contribution is 5.91. The number of anilines is 1. The van der Waals surface area contributed by atoms with Crippen molar-refractivity contribution in [1.82, 2.24) is 10.2 Å². The first-order valence-electron chi connectivity index (χ1n) is 8.70. The van der Waals surface area contributed by atoms with E-state index in [1.54, 1.807) is 26.2 Å². The van der Waals surface area contributed by atoms with Crippen LogP contribution >= 0.6 is 0 Å². The molecule has 1 aromatic carbocycles. The lowest BCUT2D eigenvalue weighted by molar-refractivity contribution is -0.130. The summed E-state index contributed by atoms with van der Waals surface area (Å²) in [4.78, 5) is 25.4. The summed E-state index contributed by atoms with van der Waals surface area (Å²) in [6.07, 6.45) is 1.99. The van der Waals surface area contributed by atoms with Crippen LogP contribution in [0.15, 0.2) is 18.2 Å². The van der Waals surface area contributed by atoms with Crippen molar-refractivity contribution in [2.45, 2.75) is 46.6 Å². The van der Waals surface area contributed by atoms with Gasteiger partial charge in [-0.3, -0.25) is 4.79 Å². The van der Waals surface area contributed by atoms with E-state index in [1.165, 1.54) is 4.90 Å². The lowest BCUT2D eigenvalue weighted by Gasteiger charge is -2.18. The molecule has 3 amide bonds. The maximum absolute atomic E-state index is 12.2. The van der Waals surface area contributed by atoms with E-state index in [1.807, 2.05) is 19.9 Å². The van der Waals surface area contributed by atoms with Crippen molar-refractivity contribution in [1.29, 1.82) is 0 Å². The van der Waals surface area contributed by atoms with Gasteiger partial charge in [0, 0.05) is 20.1 Å². The summed E-state index contributed by atoms with van der Waals surface area (Å²) in [7, 11) is 3.35. The second-order valence-corrected chi connectivity index (χ2v) is 7.05. The summed E-state index contributed by atoms with van der Waals surface area (Å²) in [5, 5.41) is 5.74. The number of rotatable bonds is 8. The SMILES string of the molecule is Cc1ccc(NC(=O)NC(C)CCC(C)C)c(OCC(=O)N(C)C)c1. The Hall–Kier alpha value is -2.24. The fourth-order valence-corrected chi connectivity index (χ4v) is 2.16. The minimum atomic E-state index is -0.274. The number of likely N-dealkylation sites (N-methyl/N-ethyl adjacent to an activating group) is 1. The van der Waals surface area contributed by atoms with Gasteiger partial charge in [-0.2, -0.15) is 0 Å². The molecule has 6 heteroatoms. The summed E-state index contributed by atoms with van der Waals surface area (Å²) in [6.45, 7) is 8.18. The summed E-state index contributed by atoms with van der Waals surface area (Å²) in [5.41, 5.74) is 1.54. The molecule has 0 aliphatic rings. The number of urea groups is 1. The Kier molecular flexibility index (Phi) is 8.25. The zero-order chi connectivity index (χ0) is 19.0. The van der Waals surface area contributed by atoms with Gasteiger partial charge in [0.25, 0.3) is 5.91 Å². The van der Waals surface area contributed by atoms with Crippen LogP contribution in [0.25, 0.3) is 0 Å². The van der Waals surface area contributed by atoms with Gasteiger partial charge in [0.05, 0.1) is 5.69 Å². The van der Waals surface area contributed by atoms with E-state index in [-0.39, 0.29) is 24.6 Å². The quantitative estimate of drug-likeness (QED) is 0.755. The number of ether oxygens (including phenoxy) is 1. The molecule has 1 aromatic rings. The second kappa shape index (κ2) is 9.91. The van der Waals surface area contributed by atoms with Crippen molar-refractivity contribution >= 4 is 17.6 Å². The molecular weight excluding hydrogens is 318 g/mol. The standard InChI is InChI=1S/C19H31N3O3/c1-13(2)7-9-15(4)20-19(24)21-16-10-8-14(3)11-17(16)25-12-18(23)22(5)6/h8,10-11,13,15H,7,9,12H2,1-6H3,(H2,20,21,24). The molecule has 2 N–H and O–H groups in total. The van der Waals surface area contributed by atoms with E-state index in [9.17, 15) is 9.59 Å². The first-order chi connectivity index (χ1) is 11.7. The Labute approximate surface area is 150 Å². The van der Waals surface area contributed by atoms with Crippen molar-refractivity contribution in [2.75, 3.05) is 26.0 Å².